The fourth-order valence-corrected chi connectivity index (χ4v) is 1.65. The molecule has 1 unspecified atom stereocenters. The fraction of sp³-hybridized carbons (Fsp3) is 0.545. The predicted molar refractivity (Wildman–Crippen MR) is 65.8 cm³/mol. The summed E-state index contributed by atoms with van der Waals surface area (Å²) in [5, 5.41) is 5.90. The van der Waals surface area contributed by atoms with Crippen LogP contribution in [0.15, 0.2) is 12.3 Å². The van der Waals surface area contributed by atoms with Crippen molar-refractivity contribution in [2.75, 3.05) is 25.5 Å². The van der Waals surface area contributed by atoms with E-state index in [-0.39, 0.29) is 10.8 Å². The van der Waals surface area contributed by atoms with Crippen molar-refractivity contribution in [1.82, 2.24) is 10.3 Å². The number of halogens is 4. The Labute approximate surface area is 109 Å². The highest BCUT2D eigenvalue weighted by Gasteiger charge is 2.31. The van der Waals surface area contributed by atoms with Crippen molar-refractivity contribution >= 4 is 17.4 Å². The van der Waals surface area contributed by atoms with Gasteiger partial charge in [0, 0.05) is 12.7 Å². The molecular weight excluding hydrogens is 267 g/mol. The summed E-state index contributed by atoms with van der Waals surface area (Å²) in [5.74, 6) is 0.586. The molecule has 0 aliphatic rings. The van der Waals surface area contributed by atoms with Crippen molar-refractivity contribution in [2.24, 2.45) is 5.92 Å². The molecular formula is C11H15ClF3N3. The topological polar surface area (TPSA) is 37.0 Å². The second-order valence-electron chi connectivity index (χ2n) is 4.10. The van der Waals surface area contributed by atoms with Crippen LogP contribution in [-0.2, 0) is 6.18 Å². The van der Waals surface area contributed by atoms with Crippen LogP contribution >= 0.6 is 11.6 Å². The highest BCUT2D eigenvalue weighted by atomic mass is 35.5. The van der Waals surface area contributed by atoms with Gasteiger partial charge in [-0.3, -0.25) is 0 Å². The Bertz CT molecular complexity index is 396. The zero-order chi connectivity index (χ0) is 13.8. The first-order chi connectivity index (χ1) is 8.34. The van der Waals surface area contributed by atoms with E-state index in [4.69, 9.17) is 11.6 Å². The van der Waals surface area contributed by atoms with E-state index in [0.717, 1.165) is 18.8 Å². The van der Waals surface area contributed by atoms with Crippen LogP contribution in [-0.4, -0.2) is 25.1 Å². The lowest BCUT2D eigenvalue weighted by Gasteiger charge is -2.14. The number of nitrogens with zero attached hydrogens (tertiary/aromatic N) is 1. The maximum Gasteiger partial charge on any atom is 0.417 e. The molecule has 0 aliphatic heterocycles. The van der Waals surface area contributed by atoms with E-state index in [1.54, 1.807) is 0 Å². The summed E-state index contributed by atoms with van der Waals surface area (Å²) < 4.78 is 37.2. The molecule has 0 radical (unpaired) electrons. The van der Waals surface area contributed by atoms with E-state index >= 15 is 0 Å². The highest BCUT2D eigenvalue weighted by Crippen LogP contribution is 2.32. The Balaban J connectivity index is 2.69. The standard InChI is InChI=1S/C11H15ClF3N3/c1-7(4-16-2)5-17-10-9(12)3-8(6-18-10)11(13,14)15/h3,6-7,16H,4-5H2,1-2H3,(H,17,18). The predicted octanol–water partition coefficient (Wildman–Crippen LogP) is 3.02. The smallest absolute Gasteiger partial charge is 0.369 e. The number of hydrogen-bond donors (Lipinski definition) is 2. The van der Waals surface area contributed by atoms with Crippen molar-refractivity contribution in [3.05, 3.63) is 22.8 Å². The molecule has 0 saturated carbocycles. The third kappa shape index (κ3) is 4.34. The minimum Gasteiger partial charge on any atom is -0.369 e. The number of pyridine rings is 1. The summed E-state index contributed by atoms with van der Waals surface area (Å²) in [4.78, 5) is 3.69. The lowest BCUT2D eigenvalue weighted by atomic mass is 10.2. The maximum atomic E-state index is 12.4. The minimum absolute atomic E-state index is 0.0264. The molecule has 0 spiro atoms. The van der Waals surface area contributed by atoms with Gasteiger partial charge in [-0.15, -0.1) is 0 Å². The summed E-state index contributed by atoms with van der Waals surface area (Å²) in [7, 11) is 1.83. The zero-order valence-corrected chi connectivity index (χ0v) is 10.9. The molecule has 18 heavy (non-hydrogen) atoms. The SMILES string of the molecule is CNCC(C)CNc1ncc(C(F)(F)F)cc1Cl. The van der Waals surface area contributed by atoms with Gasteiger partial charge in [-0.2, -0.15) is 13.2 Å². The summed E-state index contributed by atoms with van der Waals surface area (Å²) in [6.45, 7) is 3.38. The largest absolute Gasteiger partial charge is 0.417 e. The second-order valence-corrected chi connectivity index (χ2v) is 4.50. The van der Waals surface area contributed by atoms with Crippen molar-refractivity contribution in [3.63, 3.8) is 0 Å². The molecule has 0 fully saturated rings. The van der Waals surface area contributed by atoms with Gasteiger partial charge >= 0.3 is 6.18 Å². The van der Waals surface area contributed by atoms with E-state index in [1.165, 1.54) is 0 Å². The number of nitrogens with one attached hydrogen (secondary N) is 2. The molecule has 2 N–H and O–H groups in total. The van der Waals surface area contributed by atoms with Crippen LogP contribution in [0.2, 0.25) is 5.02 Å². The molecule has 1 atom stereocenters. The lowest BCUT2D eigenvalue weighted by molar-refractivity contribution is -0.137. The summed E-state index contributed by atoms with van der Waals surface area (Å²) in [6, 6.07) is 0.875. The third-order valence-electron chi connectivity index (χ3n) is 2.34. The Hall–Kier alpha value is -1.01. The summed E-state index contributed by atoms with van der Waals surface area (Å²) in [5.41, 5.74) is -0.846. The molecule has 0 aliphatic carbocycles. The van der Waals surface area contributed by atoms with Gasteiger partial charge in [0.1, 0.15) is 5.82 Å². The molecule has 0 saturated heterocycles. The van der Waals surface area contributed by atoms with Gasteiger partial charge in [-0.25, -0.2) is 4.98 Å². The Kier molecular flexibility index (Phi) is 5.22. The summed E-state index contributed by atoms with van der Waals surface area (Å²) in [6.07, 6.45) is -3.65. The van der Waals surface area contributed by atoms with Gasteiger partial charge in [-0.05, 0) is 25.6 Å². The normalized spacial score (nSPS) is 13.4. The summed E-state index contributed by atoms with van der Waals surface area (Å²) >= 11 is 5.76. The third-order valence-corrected chi connectivity index (χ3v) is 2.63. The molecule has 0 bridgehead atoms. The van der Waals surface area contributed by atoms with E-state index < -0.39 is 11.7 Å². The maximum absolute atomic E-state index is 12.4. The first-order valence-electron chi connectivity index (χ1n) is 5.45. The average molecular weight is 282 g/mol. The van der Waals surface area contributed by atoms with Crippen LogP contribution in [0.25, 0.3) is 0 Å². The molecule has 7 heteroatoms. The highest BCUT2D eigenvalue weighted by molar-refractivity contribution is 6.32. The van der Waals surface area contributed by atoms with E-state index in [9.17, 15) is 13.2 Å². The van der Waals surface area contributed by atoms with Gasteiger partial charge < -0.3 is 10.6 Å². The quantitative estimate of drug-likeness (QED) is 0.871. The number of alkyl halides is 3. The first-order valence-corrected chi connectivity index (χ1v) is 5.83. The van der Waals surface area contributed by atoms with Gasteiger partial charge in [-0.1, -0.05) is 18.5 Å². The van der Waals surface area contributed by atoms with Crippen LogP contribution in [0.4, 0.5) is 19.0 Å². The van der Waals surface area contributed by atoms with Crippen LogP contribution in [0.1, 0.15) is 12.5 Å². The number of anilines is 1. The number of rotatable bonds is 5. The van der Waals surface area contributed by atoms with Crippen molar-refractivity contribution in [2.45, 2.75) is 13.1 Å². The number of hydrogen-bond acceptors (Lipinski definition) is 3. The van der Waals surface area contributed by atoms with Crippen LogP contribution in [0.3, 0.4) is 0 Å². The Morgan fingerprint density at radius 1 is 1.39 bits per heavy atom. The van der Waals surface area contributed by atoms with E-state index in [2.05, 4.69) is 15.6 Å². The molecule has 3 nitrogen and oxygen atoms in total. The van der Waals surface area contributed by atoms with E-state index in [0.29, 0.717) is 12.5 Å². The Morgan fingerprint density at radius 2 is 2.06 bits per heavy atom. The molecule has 0 amide bonds. The van der Waals surface area contributed by atoms with Crippen LogP contribution in [0, 0.1) is 5.92 Å². The van der Waals surface area contributed by atoms with Crippen molar-refractivity contribution in [1.29, 1.82) is 0 Å². The van der Waals surface area contributed by atoms with Crippen molar-refractivity contribution < 1.29 is 13.2 Å². The van der Waals surface area contributed by atoms with Gasteiger partial charge in [0.25, 0.3) is 0 Å². The fourth-order valence-electron chi connectivity index (χ4n) is 1.41. The molecule has 1 rings (SSSR count). The van der Waals surface area contributed by atoms with Crippen LogP contribution in [0.5, 0.6) is 0 Å². The molecule has 1 aromatic rings. The number of aromatic nitrogens is 1. The minimum atomic E-state index is -4.42. The first kappa shape index (κ1) is 15.0. The zero-order valence-electron chi connectivity index (χ0n) is 10.1. The monoisotopic (exact) mass is 281 g/mol. The van der Waals surface area contributed by atoms with Gasteiger partial charge in [0.2, 0.25) is 0 Å². The second kappa shape index (κ2) is 6.24. The van der Waals surface area contributed by atoms with Gasteiger partial charge in [0.15, 0.2) is 0 Å². The van der Waals surface area contributed by atoms with E-state index in [1.807, 2.05) is 14.0 Å². The Morgan fingerprint density at radius 3 is 2.56 bits per heavy atom. The van der Waals surface area contributed by atoms with Crippen molar-refractivity contribution in [3.8, 4) is 0 Å². The molecule has 0 aromatic carbocycles. The molecule has 1 heterocycles. The molecule has 102 valence electrons. The van der Waals surface area contributed by atoms with Gasteiger partial charge in [0.05, 0.1) is 10.6 Å². The lowest BCUT2D eigenvalue weighted by Crippen LogP contribution is -2.23. The molecule has 1 aromatic heterocycles. The van der Waals surface area contributed by atoms with Crippen LogP contribution < -0.4 is 10.6 Å². The average Bonchev–Trinajstić information content (AvgIpc) is 2.26.